The quantitative estimate of drug-likeness (QED) is 0.724. The van der Waals surface area contributed by atoms with Gasteiger partial charge in [-0.2, -0.15) is 0 Å². The van der Waals surface area contributed by atoms with Crippen molar-refractivity contribution in [1.82, 2.24) is 0 Å². The Morgan fingerprint density at radius 3 is 2.71 bits per heavy atom. The van der Waals surface area contributed by atoms with Crippen molar-refractivity contribution in [3.8, 4) is 0 Å². The van der Waals surface area contributed by atoms with Crippen LogP contribution in [-0.4, -0.2) is 16.5 Å². The first kappa shape index (κ1) is 15.5. The number of fused-ring (bicyclic) bond motifs is 3. The molecule has 0 spiro atoms. The molecule has 0 unspecified atom stereocenters. The zero-order valence-corrected chi connectivity index (χ0v) is 14.2. The predicted molar refractivity (Wildman–Crippen MR) is 96.7 cm³/mol. The van der Waals surface area contributed by atoms with Gasteiger partial charge < -0.3 is 9.52 Å². The summed E-state index contributed by atoms with van der Waals surface area (Å²) in [6, 6.07) is 15.8. The van der Waals surface area contributed by atoms with E-state index in [0.717, 1.165) is 33.4 Å². The van der Waals surface area contributed by atoms with Crippen molar-refractivity contribution in [3.05, 3.63) is 75.6 Å². The molecule has 1 aliphatic carbocycles. The van der Waals surface area contributed by atoms with Crippen molar-refractivity contribution < 1.29 is 9.52 Å². The van der Waals surface area contributed by atoms with Crippen molar-refractivity contribution >= 4 is 22.7 Å². The number of benzene rings is 2. The van der Waals surface area contributed by atoms with Gasteiger partial charge >= 0.3 is 5.63 Å². The van der Waals surface area contributed by atoms with Crippen molar-refractivity contribution in [2.24, 2.45) is 0 Å². The lowest BCUT2D eigenvalue weighted by molar-refractivity contribution is 0.165. The van der Waals surface area contributed by atoms with E-state index in [1.54, 1.807) is 11.8 Å². The molecule has 4 rings (SSSR count). The molecular weight excluding hydrogens is 320 g/mol. The molecule has 0 fully saturated rings. The molecule has 1 aliphatic rings. The highest BCUT2D eigenvalue weighted by molar-refractivity contribution is 8.00. The summed E-state index contributed by atoms with van der Waals surface area (Å²) in [5.74, 6) is 0. The van der Waals surface area contributed by atoms with E-state index in [4.69, 9.17) is 4.42 Å². The van der Waals surface area contributed by atoms with E-state index in [9.17, 15) is 9.90 Å². The van der Waals surface area contributed by atoms with E-state index in [1.165, 1.54) is 6.07 Å². The van der Waals surface area contributed by atoms with E-state index in [2.05, 4.69) is 18.2 Å². The molecule has 0 bridgehead atoms. The molecule has 4 heteroatoms. The Labute approximate surface area is 144 Å². The maximum Gasteiger partial charge on any atom is 0.336 e. The number of rotatable bonds is 2. The topological polar surface area (TPSA) is 50.4 Å². The smallest absolute Gasteiger partial charge is 0.336 e. The third-order valence-corrected chi connectivity index (χ3v) is 5.94. The second-order valence-electron chi connectivity index (χ2n) is 6.27. The molecule has 1 heterocycles. The Morgan fingerprint density at radius 2 is 1.92 bits per heavy atom. The van der Waals surface area contributed by atoms with Crippen LogP contribution in [0.2, 0.25) is 0 Å². The van der Waals surface area contributed by atoms with Crippen LogP contribution in [0.4, 0.5) is 0 Å². The number of aliphatic hydroxyl groups is 1. The van der Waals surface area contributed by atoms with Gasteiger partial charge in [-0.15, -0.1) is 11.8 Å². The van der Waals surface area contributed by atoms with Crippen LogP contribution in [0.1, 0.15) is 16.7 Å². The minimum absolute atomic E-state index is 0.105. The maximum atomic E-state index is 11.7. The number of thioether (sulfide) groups is 1. The molecule has 3 aromatic rings. The molecular formula is C20H18O3S. The SMILES string of the molecule is Cc1cc(=O)oc2c3c(ccc12)C[C@H](Sc1ccccc1)[C@@H](O)C3. The van der Waals surface area contributed by atoms with Crippen LogP contribution < -0.4 is 5.63 Å². The van der Waals surface area contributed by atoms with E-state index in [1.807, 2.05) is 31.2 Å². The lowest BCUT2D eigenvalue weighted by atomic mass is 9.87. The van der Waals surface area contributed by atoms with Gasteiger partial charge in [0, 0.05) is 33.6 Å². The maximum absolute atomic E-state index is 11.7. The number of hydrogen-bond donors (Lipinski definition) is 1. The van der Waals surface area contributed by atoms with Crippen LogP contribution >= 0.6 is 11.8 Å². The van der Waals surface area contributed by atoms with Gasteiger partial charge in [0.05, 0.1) is 6.10 Å². The summed E-state index contributed by atoms with van der Waals surface area (Å²) >= 11 is 1.71. The highest BCUT2D eigenvalue weighted by atomic mass is 32.2. The molecule has 1 aromatic heterocycles. The van der Waals surface area contributed by atoms with Crippen molar-refractivity contribution in [1.29, 1.82) is 0 Å². The third-order valence-electron chi connectivity index (χ3n) is 4.61. The summed E-state index contributed by atoms with van der Waals surface area (Å²) < 4.78 is 5.47. The molecule has 3 nitrogen and oxygen atoms in total. The average Bonchev–Trinajstić information content (AvgIpc) is 2.56. The van der Waals surface area contributed by atoms with Gasteiger partial charge in [-0.1, -0.05) is 30.3 Å². The van der Waals surface area contributed by atoms with Crippen LogP contribution in [0.15, 0.2) is 62.6 Å². The average molecular weight is 338 g/mol. The second kappa shape index (κ2) is 6.11. The zero-order chi connectivity index (χ0) is 16.7. The Bertz CT molecular complexity index is 946. The predicted octanol–water partition coefficient (Wildman–Crippen LogP) is 3.72. The molecule has 2 aromatic carbocycles. The number of hydrogen-bond acceptors (Lipinski definition) is 4. The summed E-state index contributed by atoms with van der Waals surface area (Å²) in [4.78, 5) is 12.9. The molecule has 0 radical (unpaired) electrons. The Balaban J connectivity index is 1.73. The highest BCUT2D eigenvalue weighted by Crippen LogP contribution is 2.36. The summed E-state index contributed by atoms with van der Waals surface area (Å²) in [5.41, 5.74) is 3.36. The first-order valence-electron chi connectivity index (χ1n) is 8.07. The summed E-state index contributed by atoms with van der Waals surface area (Å²) in [7, 11) is 0. The molecule has 0 saturated heterocycles. The largest absolute Gasteiger partial charge is 0.422 e. The normalized spacial score (nSPS) is 20.1. The summed E-state index contributed by atoms with van der Waals surface area (Å²) in [6.45, 7) is 1.92. The Morgan fingerprint density at radius 1 is 1.12 bits per heavy atom. The molecule has 24 heavy (non-hydrogen) atoms. The summed E-state index contributed by atoms with van der Waals surface area (Å²) in [6.07, 6.45) is 0.826. The van der Waals surface area contributed by atoms with Crippen LogP contribution in [-0.2, 0) is 12.8 Å². The zero-order valence-electron chi connectivity index (χ0n) is 13.4. The second-order valence-corrected chi connectivity index (χ2v) is 7.59. The Hall–Kier alpha value is -2.04. The van der Waals surface area contributed by atoms with E-state index in [-0.39, 0.29) is 10.9 Å². The van der Waals surface area contributed by atoms with Crippen LogP contribution in [0, 0.1) is 6.92 Å². The van der Waals surface area contributed by atoms with Gasteiger partial charge in [0.2, 0.25) is 0 Å². The molecule has 0 saturated carbocycles. The Kier molecular flexibility index (Phi) is 3.94. The number of aliphatic hydroxyl groups excluding tert-OH is 1. The van der Waals surface area contributed by atoms with E-state index < -0.39 is 6.10 Å². The van der Waals surface area contributed by atoms with Gasteiger partial charge in [0.1, 0.15) is 5.58 Å². The fourth-order valence-corrected chi connectivity index (χ4v) is 4.56. The summed E-state index contributed by atoms with van der Waals surface area (Å²) in [5, 5.41) is 11.7. The monoisotopic (exact) mass is 338 g/mol. The molecule has 0 amide bonds. The van der Waals surface area contributed by atoms with Gasteiger partial charge in [-0.25, -0.2) is 4.79 Å². The lowest BCUT2D eigenvalue weighted by Gasteiger charge is -2.29. The third kappa shape index (κ3) is 2.76. The highest BCUT2D eigenvalue weighted by Gasteiger charge is 2.30. The van der Waals surface area contributed by atoms with Gasteiger partial charge in [-0.05, 0) is 36.6 Å². The molecule has 1 N–H and O–H groups in total. The van der Waals surface area contributed by atoms with Crippen molar-refractivity contribution in [2.45, 2.75) is 36.0 Å². The minimum atomic E-state index is -0.459. The molecule has 0 aliphatic heterocycles. The molecule has 122 valence electrons. The van der Waals surface area contributed by atoms with Gasteiger partial charge in [0.15, 0.2) is 0 Å². The van der Waals surface area contributed by atoms with E-state index >= 15 is 0 Å². The van der Waals surface area contributed by atoms with Gasteiger partial charge in [0.25, 0.3) is 0 Å². The van der Waals surface area contributed by atoms with Crippen molar-refractivity contribution in [2.75, 3.05) is 0 Å². The minimum Gasteiger partial charge on any atom is -0.422 e. The lowest BCUT2D eigenvalue weighted by Crippen LogP contribution is -2.32. The van der Waals surface area contributed by atoms with Crippen LogP contribution in [0.3, 0.4) is 0 Å². The van der Waals surface area contributed by atoms with Crippen molar-refractivity contribution in [3.63, 3.8) is 0 Å². The fourth-order valence-electron chi connectivity index (χ4n) is 3.38. The number of aryl methyl sites for hydroxylation is 1. The first-order chi connectivity index (χ1) is 11.6. The van der Waals surface area contributed by atoms with E-state index in [0.29, 0.717) is 12.0 Å². The standard InChI is InChI=1S/C20H18O3S/c1-12-9-19(22)23-20-15(12)8-7-13-10-18(17(21)11-16(13)20)24-14-5-3-2-4-6-14/h2-9,17-18,21H,10-11H2,1H3/t17-,18-/m0/s1. The fraction of sp³-hybridized carbons (Fsp3) is 0.250. The first-order valence-corrected chi connectivity index (χ1v) is 8.95. The van der Waals surface area contributed by atoms with Crippen LogP contribution in [0.5, 0.6) is 0 Å². The molecule has 2 atom stereocenters. The van der Waals surface area contributed by atoms with Crippen LogP contribution in [0.25, 0.3) is 11.0 Å². The van der Waals surface area contributed by atoms with Gasteiger partial charge in [-0.3, -0.25) is 0 Å².